The second-order valence-corrected chi connectivity index (χ2v) is 9.30. The number of anilines is 1. The van der Waals surface area contributed by atoms with Crippen molar-refractivity contribution in [2.45, 2.75) is 31.7 Å². The van der Waals surface area contributed by atoms with Gasteiger partial charge in [0.2, 0.25) is 15.9 Å². The van der Waals surface area contributed by atoms with Crippen LogP contribution in [0, 0.1) is 6.92 Å². The predicted octanol–water partition coefficient (Wildman–Crippen LogP) is 2.25. The van der Waals surface area contributed by atoms with Gasteiger partial charge in [0.25, 0.3) is 0 Å². The fourth-order valence-corrected chi connectivity index (χ4v) is 4.80. The predicted molar refractivity (Wildman–Crippen MR) is 108 cm³/mol. The van der Waals surface area contributed by atoms with Gasteiger partial charge in [-0.3, -0.25) is 4.79 Å². The number of hydrogen-bond acceptors (Lipinski definition) is 5. The zero-order chi connectivity index (χ0) is 20.5. The van der Waals surface area contributed by atoms with Gasteiger partial charge in [-0.05, 0) is 63.3 Å². The molecule has 0 saturated carbocycles. The molecule has 1 aliphatic rings. The lowest BCUT2D eigenvalue weighted by Crippen LogP contribution is -2.36. The quantitative estimate of drug-likeness (QED) is 0.706. The van der Waals surface area contributed by atoms with E-state index in [1.807, 2.05) is 32.0 Å². The molecule has 0 radical (unpaired) electrons. The fourth-order valence-electron chi connectivity index (χ4n) is 3.35. The zero-order valence-corrected chi connectivity index (χ0v) is 17.6. The normalized spacial score (nSPS) is 14.1. The third-order valence-electron chi connectivity index (χ3n) is 4.89. The Hall–Kier alpha value is -2.16. The molecular weight excluding hydrogens is 378 g/mol. The molecule has 0 unspecified atom stereocenters. The van der Waals surface area contributed by atoms with Gasteiger partial charge < -0.3 is 14.2 Å². The number of furan rings is 1. The molecule has 0 spiro atoms. The van der Waals surface area contributed by atoms with E-state index < -0.39 is 10.0 Å². The number of carbonyl (C=O) groups excluding carboxylic acids is 1. The highest BCUT2D eigenvalue weighted by molar-refractivity contribution is 7.89. The second-order valence-electron chi connectivity index (χ2n) is 7.37. The van der Waals surface area contributed by atoms with Crippen molar-refractivity contribution in [2.24, 2.45) is 0 Å². The van der Waals surface area contributed by atoms with Gasteiger partial charge in [-0.25, -0.2) is 8.42 Å². The Kier molecular flexibility index (Phi) is 5.92. The largest absolute Gasteiger partial charge is 0.465 e. The van der Waals surface area contributed by atoms with Crippen LogP contribution in [-0.2, 0) is 27.8 Å². The molecule has 1 amide bonds. The first kappa shape index (κ1) is 20.6. The smallest absolute Gasteiger partial charge is 0.243 e. The number of likely N-dealkylation sites (N-methyl/N-ethyl adjacent to an activating group) is 1. The lowest BCUT2D eigenvalue weighted by atomic mass is 10.2. The van der Waals surface area contributed by atoms with Crippen molar-refractivity contribution in [3.8, 4) is 0 Å². The monoisotopic (exact) mass is 405 g/mol. The van der Waals surface area contributed by atoms with Crippen LogP contribution in [0.5, 0.6) is 0 Å². The third-order valence-corrected chi connectivity index (χ3v) is 6.73. The Bertz CT molecular complexity index is 966. The van der Waals surface area contributed by atoms with Gasteiger partial charge in [0.1, 0.15) is 11.5 Å². The van der Waals surface area contributed by atoms with Crippen LogP contribution in [0.1, 0.15) is 24.0 Å². The number of rotatable bonds is 7. The Morgan fingerprint density at radius 1 is 1.18 bits per heavy atom. The average molecular weight is 406 g/mol. The van der Waals surface area contributed by atoms with Gasteiger partial charge in [0.05, 0.1) is 11.4 Å². The first-order chi connectivity index (χ1) is 13.2. The van der Waals surface area contributed by atoms with E-state index in [4.69, 9.17) is 4.42 Å². The van der Waals surface area contributed by atoms with Crippen LogP contribution < -0.4 is 4.90 Å². The van der Waals surface area contributed by atoms with Crippen LogP contribution in [-0.4, -0.2) is 57.3 Å². The maximum atomic E-state index is 13.4. The fraction of sp³-hybridized carbons (Fsp3) is 0.450. The molecule has 152 valence electrons. The summed E-state index contributed by atoms with van der Waals surface area (Å²) in [6.07, 6.45) is 0.660. The first-order valence-electron chi connectivity index (χ1n) is 9.29. The molecule has 8 heteroatoms. The molecule has 2 heterocycles. The van der Waals surface area contributed by atoms with Gasteiger partial charge in [0.15, 0.2) is 0 Å². The Balaban J connectivity index is 1.91. The molecule has 1 aromatic carbocycles. The number of benzene rings is 1. The third kappa shape index (κ3) is 4.29. The van der Waals surface area contributed by atoms with Gasteiger partial charge in [0, 0.05) is 32.2 Å². The highest BCUT2D eigenvalue weighted by Crippen LogP contribution is 2.31. The van der Waals surface area contributed by atoms with Crippen molar-refractivity contribution in [1.82, 2.24) is 9.21 Å². The molecule has 0 aliphatic carbocycles. The number of fused-ring (bicyclic) bond motifs is 1. The summed E-state index contributed by atoms with van der Waals surface area (Å²) in [7, 11) is 0.119. The van der Waals surface area contributed by atoms with Crippen molar-refractivity contribution < 1.29 is 17.6 Å². The van der Waals surface area contributed by atoms with E-state index in [0.717, 1.165) is 17.0 Å². The zero-order valence-electron chi connectivity index (χ0n) is 16.8. The van der Waals surface area contributed by atoms with E-state index in [1.54, 1.807) is 29.2 Å². The molecule has 0 fully saturated rings. The molecule has 7 nitrogen and oxygen atoms in total. The lowest BCUT2D eigenvalue weighted by molar-refractivity contribution is -0.116. The van der Waals surface area contributed by atoms with E-state index in [2.05, 4.69) is 0 Å². The molecule has 0 bridgehead atoms. The molecule has 0 saturated heterocycles. The number of hydrogen-bond donors (Lipinski definition) is 0. The van der Waals surface area contributed by atoms with Crippen molar-refractivity contribution in [3.63, 3.8) is 0 Å². The van der Waals surface area contributed by atoms with Crippen molar-refractivity contribution in [3.05, 3.63) is 47.4 Å². The van der Waals surface area contributed by atoms with Crippen molar-refractivity contribution >= 4 is 21.6 Å². The maximum absolute atomic E-state index is 13.4. The number of sulfonamides is 1. The molecule has 1 aromatic heterocycles. The summed E-state index contributed by atoms with van der Waals surface area (Å²) in [5, 5.41) is 0. The van der Waals surface area contributed by atoms with Crippen LogP contribution in [0.3, 0.4) is 0 Å². The first-order valence-corrected chi connectivity index (χ1v) is 10.7. The van der Waals surface area contributed by atoms with E-state index >= 15 is 0 Å². The molecule has 3 rings (SSSR count). The van der Waals surface area contributed by atoms with Crippen LogP contribution in [0.15, 0.2) is 39.6 Å². The van der Waals surface area contributed by atoms with Gasteiger partial charge in [-0.1, -0.05) is 0 Å². The minimum absolute atomic E-state index is 0.0323. The summed E-state index contributed by atoms with van der Waals surface area (Å²) >= 11 is 0. The van der Waals surface area contributed by atoms with Gasteiger partial charge >= 0.3 is 0 Å². The molecule has 0 N–H and O–H groups in total. The van der Waals surface area contributed by atoms with E-state index in [1.165, 1.54) is 11.2 Å². The topological polar surface area (TPSA) is 74.1 Å². The van der Waals surface area contributed by atoms with Gasteiger partial charge in [-0.2, -0.15) is 4.31 Å². The highest BCUT2D eigenvalue weighted by atomic mass is 32.2. The number of aryl methyl sites for hydroxylation is 1. The molecule has 0 atom stereocenters. The standard InChI is InChI=1S/C20H27N3O4S/c1-15-5-6-18(27-15)14-22(12-11-21(3)4)28(25,26)19-7-8-20-17(13-19)9-10-23(20)16(2)24/h5-8,13H,9-12,14H2,1-4H3. The summed E-state index contributed by atoms with van der Waals surface area (Å²) < 4.78 is 33.8. The summed E-state index contributed by atoms with van der Waals surface area (Å²) in [6, 6.07) is 8.66. The van der Waals surface area contributed by atoms with E-state index in [0.29, 0.717) is 31.8 Å². The lowest BCUT2D eigenvalue weighted by Gasteiger charge is -2.23. The summed E-state index contributed by atoms with van der Waals surface area (Å²) in [5.41, 5.74) is 1.69. The van der Waals surface area contributed by atoms with E-state index in [9.17, 15) is 13.2 Å². The molecule has 2 aromatic rings. The Morgan fingerprint density at radius 2 is 1.93 bits per heavy atom. The SMILES string of the molecule is CC(=O)N1CCc2cc(S(=O)(=O)N(CCN(C)C)Cc3ccc(C)o3)ccc21. The molecule has 28 heavy (non-hydrogen) atoms. The minimum atomic E-state index is -3.70. The van der Waals surface area contributed by atoms with E-state index in [-0.39, 0.29) is 17.3 Å². The van der Waals surface area contributed by atoms with Crippen LogP contribution >= 0.6 is 0 Å². The number of amides is 1. The molecular formula is C20H27N3O4S. The summed E-state index contributed by atoms with van der Waals surface area (Å²) in [4.78, 5) is 15.6. The van der Waals surface area contributed by atoms with Crippen LogP contribution in [0.25, 0.3) is 0 Å². The Labute approximate surface area is 166 Å². The number of nitrogens with zero attached hydrogens (tertiary/aromatic N) is 3. The van der Waals surface area contributed by atoms with Crippen LogP contribution in [0.2, 0.25) is 0 Å². The molecule has 1 aliphatic heterocycles. The minimum Gasteiger partial charge on any atom is -0.465 e. The Morgan fingerprint density at radius 3 is 2.54 bits per heavy atom. The maximum Gasteiger partial charge on any atom is 0.243 e. The summed E-state index contributed by atoms with van der Waals surface area (Å²) in [6.45, 7) is 5.08. The van der Waals surface area contributed by atoms with Crippen molar-refractivity contribution in [2.75, 3.05) is 38.6 Å². The second kappa shape index (κ2) is 8.06. The highest BCUT2D eigenvalue weighted by Gasteiger charge is 2.29. The van der Waals surface area contributed by atoms with Crippen molar-refractivity contribution in [1.29, 1.82) is 0 Å². The van der Waals surface area contributed by atoms with Crippen LogP contribution in [0.4, 0.5) is 5.69 Å². The summed E-state index contributed by atoms with van der Waals surface area (Å²) in [5.74, 6) is 1.33. The average Bonchev–Trinajstić information content (AvgIpc) is 3.23. The van der Waals surface area contributed by atoms with Gasteiger partial charge in [-0.15, -0.1) is 0 Å². The number of carbonyl (C=O) groups is 1.